The third-order valence-corrected chi connectivity index (χ3v) is 3.58. The van der Waals surface area contributed by atoms with Gasteiger partial charge in [0.15, 0.2) is 0 Å². The molecule has 0 aromatic carbocycles. The highest BCUT2D eigenvalue weighted by Crippen LogP contribution is 2.22. The third-order valence-electron chi connectivity index (χ3n) is 2.53. The van der Waals surface area contributed by atoms with Crippen LogP contribution in [0, 0.1) is 5.41 Å². The second kappa shape index (κ2) is 5.31. The van der Waals surface area contributed by atoms with Gasteiger partial charge in [-0.1, -0.05) is 6.07 Å². The Labute approximate surface area is 105 Å². The molecule has 5 heteroatoms. The number of carboxylic acid groups (broad SMARTS) is 1. The van der Waals surface area contributed by atoms with Gasteiger partial charge in [0, 0.05) is 11.3 Å². The van der Waals surface area contributed by atoms with Crippen molar-refractivity contribution in [2.75, 3.05) is 0 Å². The van der Waals surface area contributed by atoms with E-state index in [1.54, 1.807) is 25.2 Å². The monoisotopic (exact) mass is 255 g/mol. The molecule has 1 heterocycles. The van der Waals surface area contributed by atoms with E-state index < -0.39 is 11.4 Å². The normalized spacial score (nSPS) is 13.1. The van der Waals surface area contributed by atoms with Crippen LogP contribution in [0.15, 0.2) is 17.5 Å². The Bertz CT molecular complexity index is 398. The molecule has 1 rings (SSSR count). The van der Waals surface area contributed by atoms with Crippen LogP contribution in [0.3, 0.4) is 0 Å². The van der Waals surface area contributed by atoms with Crippen LogP contribution in [0.5, 0.6) is 0 Å². The standard InChI is InChI=1S/C12H17NO3S/c1-8(9-5-4-6-17-9)13-10(14)7-12(2,3)11(15)16/h4-6,8H,7H2,1-3H3,(H,13,14)(H,15,16)/t8-/m1/s1. The molecule has 0 radical (unpaired) electrons. The van der Waals surface area contributed by atoms with E-state index in [1.807, 2.05) is 24.4 Å². The van der Waals surface area contributed by atoms with E-state index in [9.17, 15) is 9.59 Å². The van der Waals surface area contributed by atoms with Crippen LogP contribution in [-0.4, -0.2) is 17.0 Å². The molecule has 1 aromatic heterocycles. The van der Waals surface area contributed by atoms with Gasteiger partial charge in [-0.15, -0.1) is 11.3 Å². The maximum atomic E-state index is 11.7. The fourth-order valence-corrected chi connectivity index (χ4v) is 2.11. The number of amides is 1. The van der Waals surface area contributed by atoms with Crippen molar-refractivity contribution in [3.05, 3.63) is 22.4 Å². The fraction of sp³-hybridized carbons (Fsp3) is 0.500. The second-order valence-electron chi connectivity index (χ2n) is 4.67. The van der Waals surface area contributed by atoms with Crippen LogP contribution >= 0.6 is 11.3 Å². The first kappa shape index (κ1) is 13.7. The average molecular weight is 255 g/mol. The van der Waals surface area contributed by atoms with E-state index in [1.165, 1.54) is 0 Å². The molecule has 0 unspecified atom stereocenters. The van der Waals surface area contributed by atoms with Crippen molar-refractivity contribution in [3.8, 4) is 0 Å². The van der Waals surface area contributed by atoms with Crippen molar-refractivity contribution in [1.82, 2.24) is 5.32 Å². The molecule has 0 bridgehead atoms. The Morgan fingerprint density at radius 1 is 1.53 bits per heavy atom. The number of carbonyl (C=O) groups excluding carboxylic acids is 1. The number of aliphatic carboxylic acids is 1. The number of carboxylic acids is 1. The van der Waals surface area contributed by atoms with Gasteiger partial charge in [-0.2, -0.15) is 0 Å². The maximum absolute atomic E-state index is 11.7. The summed E-state index contributed by atoms with van der Waals surface area (Å²) in [6, 6.07) is 3.79. The summed E-state index contributed by atoms with van der Waals surface area (Å²) in [4.78, 5) is 23.7. The summed E-state index contributed by atoms with van der Waals surface area (Å²) in [5.41, 5.74) is -1.03. The molecule has 0 fully saturated rings. The van der Waals surface area contributed by atoms with Gasteiger partial charge in [0.1, 0.15) is 0 Å². The minimum absolute atomic E-state index is 0.0158. The van der Waals surface area contributed by atoms with E-state index >= 15 is 0 Å². The fourth-order valence-electron chi connectivity index (χ4n) is 1.38. The summed E-state index contributed by atoms with van der Waals surface area (Å²) < 4.78 is 0. The zero-order chi connectivity index (χ0) is 13.1. The van der Waals surface area contributed by atoms with Crippen LogP contribution in [-0.2, 0) is 9.59 Å². The van der Waals surface area contributed by atoms with Crippen molar-refractivity contribution < 1.29 is 14.7 Å². The smallest absolute Gasteiger partial charge is 0.309 e. The van der Waals surface area contributed by atoms with Gasteiger partial charge in [0.25, 0.3) is 0 Å². The van der Waals surface area contributed by atoms with Gasteiger partial charge in [-0.05, 0) is 32.2 Å². The molecule has 0 saturated heterocycles. The molecule has 1 aromatic rings. The number of thiophene rings is 1. The zero-order valence-corrected chi connectivity index (χ0v) is 11.0. The lowest BCUT2D eigenvalue weighted by Gasteiger charge is -2.20. The predicted octanol–water partition coefficient (Wildman–Crippen LogP) is 2.43. The number of hydrogen-bond donors (Lipinski definition) is 2. The van der Waals surface area contributed by atoms with Crippen molar-refractivity contribution in [2.24, 2.45) is 5.41 Å². The van der Waals surface area contributed by atoms with Crippen LogP contribution in [0.2, 0.25) is 0 Å². The Balaban J connectivity index is 2.53. The minimum Gasteiger partial charge on any atom is -0.481 e. The highest BCUT2D eigenvalue weighted by atomic mass is 32.1. The molecule has 94 valence electrons. The summed E-state index contributed by atoms with van der Waals surface area (Å²) in [7, 11) is 0. The van der Waals surface area contributed by atoms with Crippen LogP contribution < -0.4 is 5.32 Å². The minimum atomic E-state index is -1.03. The number of nitrogens with one attached hydrogen (secondary N) is 1. The van der Waals surface area contributed by atoms with Gasteiger partial charge < -0.3 is 10.4 Å². The Morgan fingerprint density at radius 2 is 2.18 bits per heavy atom. The summed E-state index contributed by atoms with van der Waals surface area (Å²) in [6.45, 7) is 4.98. The highest BCUT2D eigenvalue weighted by molar-refractivity contribution is 7.10. The van der Waals surface area contributed by atoms with E-state index in [-0.39, 0.29) is 18.4 Å². The number of carbonyl (C=O) groups is 2. The van der Waals surface area contributed by atoms with Crippen molar-refractivity contribution in [1.29, 1.82) is 0 Å². The van der Waals surface area contributed by atoms with E-state index in [2.05, 4.69) is 5.32 Å². The number of rotatable bonds is 5. The largest absolute Gasteiger partial charge is 0.481 e. The molecule has 0 spiro atoms. The molecular weight excluding hydrogens is 238 g/mol. The summed E-state index contributed by atoms with van der Waals surface area (Å²) in [5, 5.41) is 13.7. The summed E-state index contributed by atoms with van der Waals surface area (Å²) >= 11 is 1.57. The molecule has 0 aliphatic heterocycles. The van der Waals surface area contributed by atoms with Gasteiger partial charge in [-0.25, -0.2) is 0 Å². The van der Waals surface area contributed by atoms with Crippen LogP contribution in [0.1, 0.15) is 38.1 Å². The van der Waals surface area contributed by atoms with Crippen LogP contribution in [0.25, 0.3) is 0 Å². The summed E-state index contributed by atoms with van der Waals surface area (Å²) in [6.07, 6.45) is -0.0158. The average Bonchev–Trinajstić information content (AvgIpc) is 2.68. The molecule has 4 nitrogen and oxygen atoms in total. The van der Waals surface area contributed by atoms with Crippen molar-refractivity contribution in [3.63, 3.8) is 0 Å². The topological polar surface area (TPSA) is 66.4 Å². The highest BCUT2D eigenvalue weighted by Gasteiger charge is 2.30. The van der Waals surface area contributed by atoms with Crippen molar-refractivity contribution in [2.45, 2.75) is 33.2 Å². The van der Waals surface area contributed by atoms with E-state index in [4.69, 9.17) is 5.11 Å². The molecule has 0 saturated carbocycles. The molecule has 0 aliphatic carbocycles. The SMILES string of the molecule is C[C@@H](NC(=O)CC(C)(C)C(=O)O)c1cccs1. The van der Waals surface area contributed by atoms with Gasteiger partial charge >= 0.3 is 5.97 Å². The van der Waals surface area contributed by atoms with E-state index in [0.29, 0.717) is 0 Å². The first-order valence-corrected chi connectivity index (χ1v) is 6.27. The first-order chi connectivity index (χ1) is 7.83. The molecule has 2 N–H and O–H groups in total. The van der Waals surface area contributed by atoms with Gasteiger partial charge in [0.2, 0.25) is 5.91 Å². The third kappa shape index (κ3) is 3.85. The molecule has 0 aliphatic rings. The lowest BCUT2D eigenvalue weighted by molar-refractivity contribution is -0.149. The van der Waals surface area contributed by atoms with Gasteiger partial charge in [0.05, 0.1) is 11.5 Å². The van der Waals surface area contributed by atoms with Crippen molar-refractivity contribution >= 4 is 23.2 Å². The lowest BCUT2D eigenvalue weighted by atomic mass is 9.89. The maximum Gasteiger partial charge on any atom is 0.309 e. The lowest BCUT2D eigenvalue weighted by Crippen LogP contribution is -2.34. The summed E-state index contributed by atoms with van der Waals surface area (Å²) in [5.74, 6) is -1.20. The quantitative estimate of drug-likeness (QED) is 0.849. The predicted molar refractivity (Wildman–Crippen MR) is 66.9 cm³/mol. The van der Waals surface area contributed by atoms with E-state index in [0.717, 1.165) is 4.88 Å². The number of hydrogen-bond acceptors (Lipinski definition) is 3. The van der Waals surface area contributed by atoms with Crippen LogP contribution in [0.4, 0.5) is 0 Å². The molecular formula is C12H17NO3S. The zero-order valence-electron chi connectivity index (χ0n) is 10.2. The first-order valence-electron chi connectivity index (χ1n) is 5.39. The molecule has 17 heavy (non-hydrogen) atoms. The Morgan fingerprint density at radius 3 is 2.65 bits per heavy atom. The molecule has 1 amide bonds. The van der Waals surface area contributed by atoms with Gasteiger partial charge in [-0.3, -0.25) is 9.59 Å². The Hall–Kier alpha value is -1.36. The second-order valence-corrected chi connectivity index (χ2v) is 5.65. The Kier molecular flexibility index (Phi) is 4.28. The molecule has 1 atom stereocenters.